The molecule has 0 amide bonds. The summed E-state index contributed by atoms with van der Waals surface area (Å²) in [7, 11) is 0. The van der Waals surface area contributed by atoms with E-state index in [1.807, 2.05) is 0 Å². The van der Waals surface area contributed by atoms with Gasteiger partial charge in [0.25, 0.3) is 0 Å². The van der Waals surface area contributed by atoms with E-state index in [4.69, 9.17) is 10.8 Å². The lowest BCUT2D eigenvalue weighted by Crippen LogP contribution is -2.09. The van der Waals surface area contributed by atoms with Crippen LogP contribution in [-0.2, 0) is 0 Å². The van der Waals surface area contributed by atoms with Crippen molar-refractivity contribution in [3.05, 3.63) is 41.9 Å². The highest BCUT2D eigenvalue weighted by molar-refractivity contribution is 5.25. The van der Waals surface area contributed by atoms with Crippen molar-refractivity contribution in [3.8, 4) is 0 Å². The van der Waals surface area contributed by atoms with E-state index in [0.717, 1.165) is 6.07 Å². The third kappa shape index (κ3) is 1.46. The summed E-state index contributed by atoms with van der Waals surface area (Å²) in [5.41, 5.74) is 5.29. The Labute approximate surface area is 58.1 Å². The highest BCUT2D eigenvalue weighted by Crippen LogP contribution is 2.07. The van der Waals surface area contributed by atoms with E-state index >= 15 is 0 Å². The predicted octanol–water partition coefficient (Wildman–Crippen LogP) is 0.994. The van der Waals surface area contributed by atoms with Crippen LogP contribution < -0.4 is 5.73 Å². The van der Waals surface area contributed by atoms with Crippen LogP contribution in [-0.4, -0.2) is 5.11 Å². The molecule has 0 aromatic heterocycles. The molecule has 54 valence electrons. The molecule has 0 radical (unpaired) electrons. The number of rotatable bonds is 1. The van der Waals surface area contributed by atoms with Crippen LogP contribution in [0, 0.1) is 12.0 Å². The first-order chi connectivity index (χ1) is 4.70. The zero-order valence-corrected chi connectivity index (χ0v) is 5.21. The number of nitrogens with two attached hydrogens (primary N) is 1. The van der Waals surface area contributed by atoms with Gasteiger partial charge in [-0.05, 0) is 0 Å². The fourth-order valence-corrected chi connectivity index (χ4v) is 0.648. The van der Waals surface area contributed by atoms with E-state index in [-0.39, 0.29) is 6.23 Å². The third-order valence-electron chi connectivity index (χ3n) is 1.12. The van der Waals surface area contributed by atoms with E-state index in [0.29, 0.717) is 5.56 Å². The minimum atomic E-state index is -0.408. The monoisotopic (exact) mass is 140 g/mol. The van der Waals surface area contributed by atoms with Crippen LogP contribution >= 0.6 is 0 Å². The first-order valence-corrected chi connectivity index (χ1v) is 2.77. The Bertz CT molecular complexity index is 225. The van der Waals surface area contributed by atoms with Gasteiger partial charge < -0.3 is 10.8 Å². The number of aliphatic hydroxyl groups excluding tert-OH is 1. The van der Waals surface area contributed by atoms with Gasteiger partial charge in [-0.15, -0.1) is 17.7 Å². The van der Waals surface area contributed by atoms with Crippen LogP contribution in [0.2, 0.25) is 0 Å². The first kappa shape index (κ1) is 7.05. The SMILES string of the molecule is N[C-](O)c1cccc(F)c1. The molecule has 0 aliphatic carbocycles. The van der Waals surface area contributed by atoms with Gasteiger partial charge in [-0.2, -0.15) is 6.07 Å². The van der Waals surface area contributed by atoms with Crippen molar-refractivity contribution in [3.63, 3.8) is 0 Å². The molecule has 2 nitrogen and oxygen atoms in total. The normalized spacial score (nSPS) is 9.50. The maximum absolute atomic E-state index is 12.3. The highest BCUT2D eigenvalue weighted by atomic mass is 19.1. The molecule has 0 saturated carbocycles. The topological polar surface area (TPSA) is 46.2 Å². The van der Waals surface area contributed by atoms with Gasteiger partial charge in [0.1, 0.15) is 0 Å². The van der Waals surface area contributed by atoms with Crippen LogP contribution in [0.25, 0.3) is 0 Å². The molecule has 1 aromatic rings. The fourth-order valence-electron chi connectivity index (χ4n) is 0.648. The maximum atomic E-state index is 12.3. The number of hydrogen-bond donors (Lipinski definition) is 2. The van der Waals surface area contributed by atoms with Gasteiger partial charge in [0.2, 0.25) is 0 Å². The summed E-state index contributed by atoms with van der Waals surface area (Å²) in [6.45, 7) is 0. The van der Waals surface area contributed by atoms with Gasteiger partial charge in [-0.3, -0.25) is 0 Å². The van der Waals surface area contributed by atoms with E-state index in [1.54, 1.807) is 0 Å². The summed E-state index contributed by atoms with van der Waals surface area (Å²) < 4.78 is 12.3. The van der Waals surface area contributed by atoms with Crippen LogP contribution in [0.15, 0.2) is 24.3 Å². The highest BCUT2D eigenvalue weighted by Gasteiger charge is 1.89. The Balaban J connectivity index is 2.96. The second kappa shape index (κ2) is 2.68. The van der Waals surface area contributed by atoms with E-state index in [9.17, 15) is 4.39 Å². The Morgan fingerprint density at radius 3 is 2.60 bits per heavy atom. The first-order valence-electron chi connectivity index (χ1n) is 2.77. The largest absolute Gasteiger partial charge is 0.411 e. The molecule has 3 N–H and O–H groups in total. The average molecular weight is 140 g/mol. The van der Waals surface area contributed by atoms with Crippen LogP contribution in [0.4, 0.5) is 4.39 Å². The molecule has 0 saturated heterocycles. The second-order valence-corrected chi connectivity index (χ2v) is 1.90. The van der Waals surface area contributed by atoms with E-state index < -0.39 is 5.82 Å². The molecule has 0 bridgehead atoms. The molecule has 10 heavy (non-hydrogen) atoms. The van der Waals surface area contributed by atoms with Crippen molar-refractivity contribution in [1.29, 1.82) is 0 Å². The summed E-state index contributed by atoms with van der Waals surface area (Å²) in [6.07, 6.45) is -0.362. The second-order valence-electron chi connectivity index (χ2n) is 1.90. The lowest BCUT2D eigenvalue weighted by atomic mass is 10.2. The number of benzene rings is 1. The zero-order chi connectivity index (χ0) is 7.56. The van der Waals surface area contributed by atoms with Gasteiger partial charge in [-0.1, -0.05) is 6.07 Å². The van der Waals surface area contributed by atoms with Gasteiger partial charge >= 0.3 is 0 Å². The molecule has 0 fully saturated rings. The quantitative estimate of drug-likeness (QED) is 0.571. The van der Waals surface area contributed by atoms with Gasteiger partial charge in [0, 0.05) is 6.23 Å². The van der Waals surface area contributed by atoms with Crippen LogP contribution in [0.3, 0.4) is 0 Å². The maximum Gasteiger partial charge on any atom is 0.0679 e. The number of halogens is 1. The molecule has 0 spiro atoms. The van der Waals surface area contributed by atoms with E-state index in [2.05, 4.69) is 0 Å². The minimum absolute atomic E-state index is 0.306. The summed E-state index contributed by atoms with van der Waals surface area (Å²) in [6, 6.07) is 5.45. The molecule has 1 aromatic carbocycles. The lowest BCUT2D eigenvalue weighted by Gasteiger charge is -2.12. The Kier molecular flexibility index (Phi) is 1.89. The zero-order valence-electron chi connectivity index (χ0n) is 5.21. The summed E-state index contributed by atoms with van der Waals surface area (Å²) in [5, 5.41) is 8.68. The minimum Gasteiger partial charge on any atom is -0.411 e. The van der Waals surface area contributed by atoms with Crippen LogP contribution in [0.1, 0.15) is 5.56 Å². The summed E-state index contributed by atoms with van der Waals surface area (Å²) >= 11 is 0. The third-order valence-corrected chi connectivity index (χ3v) is 1.12. The Morgan fingerprint density at radius 2 is 2.20 bits per heavy atom. The molecule has 1 rings (SSSR count). The molecular formula is C7H7FNO-. The van der Waals surface area contributed by atoms with Gasteiger partial charge in [0.15, 0.2) is 0 Å². The fraction of sp³-hybridized carbons (Fsp3) is 0. The van der Waals surface area contributed by atoms with Gasteiger partial charge in [0.05, 0.1) is 5.82 Å². The van der Waals surface area contributed by atoms with Crippen molar-refractivity contribution in [2.75, 3.05) is 0 Å². The van der Waals surface area contributed by atoms with Crippen LogP contribution in [0.5, 0.6) is 0 Å². The predicted molar refractivity (Wildman–Crippen MR) is 34.9 cm³/mol. The number of hydrogen-bond acceptors (Lipinski definition) is 2. The van der Waals surface area contributed by atoms with E-state index in [1.165, 1.54) is 18.2 Å². The summed E-state index contributed by atoms with van der Waals surface area (Å²) in [5.74, 6) is -0.408. The molecule has 3 heteroatoms. The molecule has 0 aliphatic heterocycles. The van der Waals surface area contributed by atoms with Crippen molar-refractivity contribution in [2.45, 2.75) is 0 Å². The molecule has 0 atom stereocenters. The standard InChI is InChI=1S/C7H7FNO/c8-6-3-1-2-5(4-6)7(9)10/h1-4,10H,9H2/q-1. The Morgan fingerprint density at radius 1 is 1.50 bits per heavy atom. The smallest absolute Gasteiger partial charge is 0.0679 e. The number of aliphatic hydroxyl groups is 1. The molecule has 0 unspecified atom stereocenters. The molecular weight excluding hydrogens is 133 g/mol. The van der Waals surface area contributed by atoms with Crippen molar-refractivity contribution < 1.29 is 9.50 Å². The molecule has 0 aliphatic rings. The Hall–Kier alpha value is -1.06. The molecule has 0 heterocycles. The average Bonchev–Trinajstić information content (AvgIpc) is 1.88. The summed E-state index contributed by atoms with van der Waals surface area (Å²) in [4.78, 5) is 0. The van der Waals surface area contributed by atoms with Crippen molar-refractivity contribution in [1.82, 2.24) is 0 Å². The van der Waals surface area contributed by atoms with Gasteiger partial charge in [-0.25, -0.2) is 4.39 Å². The lowest BCUT2D eigenvalue weighted by molar-refractivity contribution is 0.330. The van der Waals surface area contributed by atoms with Crippen molar-refractivity contribution >= 4 is 0 Å². The van der Waals surface area contributed by atoms with Crippen molar-refractivity contribution in [2.24, 2.45) is 5.73 Å².